The molecule has 0 aromatic heterocycles. The van der Waals surface area contributed by atoms with E-state index in [1.54, 1.807) is 12.1 Å². The topological polar surface area (TPSA) is 83.5 Å². The van der Waals surface area contributed by atoms with Crippen LogP contribution in [-0.4, -0.2) is 31.3 Å². The zero-order valence-corrected chi connectivity index (χ0v) is 10.8. The van der Waals surface area contributed by atoms with Gasteiger partial charge in [0, 0.05) is 12.5 Å². The Morgan fingerprint density at radius 2 is 2.22 bits per heavy atom. The maximum atomic E-state index is 12.1. The maximum absolute atomic E-state index is 12.1. The molecule has 1 aromatic rings. The van der Waals surface area contributed by atoms with Gasteiger partial charge in [-0.25, -0.2) is 8.42 Å². The SMILES string of the molecule is Cc1ccc2c(c1)S(=O)(=O)CC(CCC(=O)O)N2. The van der Waals surface area contributed by atoms with Crippen molar-refractivity contribution in [3.05, 3.63) is 23.8 Å². The van der Waals surface area contributed by atoms with Crippen LogP contribution in [0.15, 0.2) is 23.1 Å². The Balaban J connectivity index is 2.27. The Labute approximate surface area is 106 Å². The van der Waals surface area contributed by atoms with Crippen LogP contribution >= 0.6 is 0 Å². The molecule has 0 amide bonds. The molecule has 0 spiro atoms. The van der Waals surface area contributed by atoms with Crippen LogP contribution in [-0.2, 0) is 14.6 Å². The van der Waals surface area contributed by atoms with E-state index in [0.717, 1.165) is 5.56 Å². The van der Waals surface area contributed by atoms with Crippen LogP contribution < -0.4 is 5.32 Å². The van der Waals surface area contributed by atoms with Gasteiger partial charge in [0.25, 0.3) is 0 Å². The molecule has 1 aromatic carbocycles. The number of rotatable bonds is 3. The van der Waals surface area contributed by atoms with Crippen molar-refractivity contribution in [1.82, 2.24) is 0 Å². The molecule has 2 rings (SSSR count). The number of aryl methyl sites for hydroxylation is 1. The summed E-state index contributed by atoms with van der Waals surface area (Å²) in [6.07, 6.45) is 0.274. The van der Waals surface area contributed by atoms with Gasteiger partial charge in [-0.2, -0.15) is 0 Å². The van der Waals surface area contributed by atoms with Crippen LogP contribution in [0.5, 0.6) is 0 Å². The molecule has 1 unspecified atom stereocenters. The van der Waals surface area contributed by atoms with E-state index in [9.17, 15) is 13.2 Å². The normalized spacial score (nSPS) is 20.8. The molecule has 0 fully saturated rings. The summed E-state index contributed by atoms with van der Waals surface area (Å²) in [6, 6.07) is 4.88. The van der Waals surface area contributed by atoms with E-state index < -0.39 is 15.8 Å². The van der Waals surface area contributed by atoms with Crippen molar-refractivity contribution in [3.8, 4) is 0 Å². The predicted molar refractivity (Wildman–Crippen MR) is 67.5 cm³/mol. The van der Waals surface area contributed by atoms with Gasteiger partial charge in [-0.15, -0.1) is 0 Å². The lowest BCUT2D eigenvalue weighted by Crippen LogP contribution is -2.34. The first-order valence-electron chi connectivity index (χ1n) is 5.70. The molecule has 2 N–H and O–H groups in total. The van der Waals surface area contributed by atoms with Gasteiger partial charge in [0.15, 0.2) is 9.84 Å². The minimum atomic E-state index is -3.32. The quantitative estimate of drug-likeness (QED) is 0.867. The van der Waals surface area contributed by atoms with Gasteiger partial charge >= 0.3 is 5.97 Å². The van der Waals surface area contributed by atoms with Crippen LogP contribution in [0.2, 0.25) is 0 Å². The fourth-order valence-corrected chi connectivity index (χ4v) is 3.86. The number of sulfone groups is 1. The number of carboxylic acids is 1. The van der Waals surface area contributed by atoms with E-state index >= 15 is 0 Å². The number of hydrogen-bond acceptors (Lipinski definition) is 4. The Hall–Kier alpha value is -1.56. The molecule has 5 nitrogen and oxygen atoms in total. The summed E-state index contributed by atoms with van der Waals surface area (Å²) in [5.74, 6) is -0.958. The molecular formula is C12H15NO4S. The fourth-order valence-electron chi connectivity index (χ4n) is 2.08. The molecular weight excluding hydrogens is 254 g/mol. The smallest absolute Gasteiger partial charge is 0.303 e. The van der Waals surface area contributed by atoms with E-state index in [2.05, 4.69) is 5.32 Å². The van der Waals surface area contributed by atoms with Gasteiger partial charge < -0.3 is 10.4 Å². The summed E-state index contributed by atoms with van der Waals surface area (Å²) < 4.78 is 24.2. The Morgan fingerprint density at radius 3 is 2.89 bits per heavy atom. The largest absolute Gasteiger partial charge is 0.481 e. The zero-order chi connectivity index (χ0) is 13.3. The molecule has 18 heavy (non-hydrogen) atoms. The second-order valence-corrected chi connectivity index (χ2v) is 6.56. The summed E-state index contributed by atoms with van der Waals surface area (Å²) in [4.78, 5) is 10.8. The minimum absolute atomic E-state index is 0.0334. The van der Waals surface area contributed by atoms with E-state index in [4.69, 9.17) is 5.11 Å². The van der Waals surface area contributed by atoms with Gasteiger partial charge in [-0.05, 0) is 31.0 Å². The number of carboxylic acid groups (broad SMARTS) is 1. The van der Waals surface area contributed by atoms with Gasteiger partial charge in [0.1, 0.15) is 0 Å². The second-order valence-electron chi connectivity index (χ2n) is 4.55. The van der Waals surface area contributed by atoms with Crippen molar-refractivity contribution < 1.29 is 18.3 Å². The summed E-state index contributed by atoms with van der Waals surface area (Å²) in [5.41, 5.74) is 1.46. The highest BCUT2D eigenvalue weighted by Gasteiger charge is 2.29. The van der Waals surface area contributed by atoms with Gasteiger partial charge in [-0.1, -0.05) is 6.07 Å². The molecule has 0 radical (unpaired) electrons. The third kappa shape index (κ3) is 2.64. The average molecular weight is 269 g/mol. The number of anilines is 1. The first kappa shape index (κ1) is 12.9. The standard InChI is InChI=1S/C12H15NO4S/c1-8-2-4-10-11(6-8)18(16,17)7-9(13-10)3-5-12(14)15/h2,4,6,9,13H,3,5,7H2,1H3,(H,14,15). The van der Waals surface area contributed by atoms with E-state index in [1.807, 2.05) is 13.0 Å². The highest BCUT2D eigenvalue weighted by molar-refractivity contribution is 7.91. The summed E-state index contributed by atoms with van der Waals surface area (Å²) in [5, 5.41) is 11.7. The van der Waals surface area contributed by atoms with E-state index in [1.165, 1.54) is 0 Å². The number of aliphatic carboxylic acids is 1. The summed E-state index contributed by atoms with van der Waals surface area (Å²) >= 11 is 0. The number of carbonyl (C=O) groups is 1. The maximum Gasteiger partial charge on any atom is 0.303 e. The molecule has 0 aliphatic carbocycles. The van der Waals surface area contributed by atoms with Crippen molar-refractivity contribution in [2.45, 2.75) is 30.7 Å². The molecule has 1 heterocycles. The Kier molecular flexibility index (Phi) is 3.30. The van der Waals surface area contributed by atoms with Crippen molar-refractivity contribution in [3.63, 3.8) is 0 Å². The van der Waals surface area contributed by atoms with Crippen LogP contribution in [0.25, 0.3) is 0 Å². The number of nitrogens with one attached hydrogen (secondary N) is 1. The minimum Gasteiger partial charge on any atom is -0.481 e. The molecule has 98 valence electrons. The van der Waals surface area contributed by atoms with Crippen LogP contribution in [0.4, 0.5) is 5.69 Å². The van der Waals surface area contributed by atoms with Crippen LogP contribution in [0.3, 0.4) is 0 Å². The van der Waals surface area contributed by atoms with Crippen molar-refractivity contribution in [2.24, 2.45) is 0 Å². The summed E-state index contributed by atoms with van der Waals surface area (Å²) in [6.45, 7) is 1.84. The Bertz CT molecular complexity index is 580. The zero-order valence-electron chi connectivity index (χ0n) is 10.0. The molecule has 0 saturated carbocycles. The molecule has 1 aliphatic rings. The van der Waals surface area contributed by atoms with E-state index in [-0.39, 0.29) is 18.2 Å². The lowest BCUT2D eigenvalue weighted by Gasteiger charge is -2.26. The monoisotopic (exact) mass is 269 g/mol. The summed E-state index contributed by atoms with van der Waals surface area (Å²) in [7, 11) is -3.32. The molecule has 1 aliphatic heterocycles. The number of hydrogen-bond donors (Lipinski definition) is 2. The van der Waals surface area contributed by atoms with Gasteiger partial charge in [0.05, 0.1) is 16.3 Å². The van der Waals surface area contributed by atoms with Crippen LogP contribution in [0, 0.1) is 6.92 Å². The third-order valence-electron chi connectivity index (χ3n) is 2.96. The first-order chi connectivity index (χ1) is 8.38. The lowest BCUT2D eigenvalue weighted by molar-refractivity contribution is -0.137. The number of benzene rings is 1. The Morgan fingerprint density at radius 1 is 1.50 bits per heavy atom. The van der Waals surface area contributed by atoms with Crippen molar-refractivity contribution >= 4 is 21.5 Å². The lowest BCUT2D eigenvalue weighted by atomic mass is 10.1. The van der Waals surface area contributed by atoms with Crippen molar-refractivity contribution in [2.75, 3.05) is 11.1 Å². The second kappa shape index (κ2) is 4.61. The van der Waals surface area contributed by atoms with Crippen molar-refractivity contribution in [1.29, 1.82) is 0 Å². The van der Waals surface area contributed by atoms with Gasteiger partial charge in [-0.3, -0.25) is 4.79 Å². The number of fused-ring (bicyclic) bond motifs is 1. The van der Waals surface area contributed by atoms with Crippen LogP contribution in [0.1, 0.15) is 18.4 Å². The molecule has 6 heteroatoms. The highest BCUT2D eigenvalue weighted by atomic mass is 32.2. The van der Waals surface area contributed by atoms with E-state index in [0.29, 0.717) is 17.0 Å². The molecule has 0 bridgehead atoms. The molecule has 0 saturated heterocycles. The average Bonchev–Trinajstić information content (AvgIpc) is 2.27. The molecule has 1 atom stereocenters. The van der Waals surface area contributed by atoms with Gasteiger partial charge in [0.2, 0.25) is 0 Å². The fraction of sp³-hybridized carbons (Fsp3) is 0.417. The predicted octanol–water partition coefficient (Wildman–Crippen LogP) is 1.43. The highest BCUT2D eigenvalue weighted by Crippen LogP contribution is 2.30. The third-order valence-corrected chi connectivity index (χ3v) is 4.81. The first-order valence-corrected chi connectivity index (χ1v) is 7.35.